The van der Waals surface area contributed by atoms with Crippen LogP contribution in [0.5, 0.6) is 0 Å². The Bertz CT molecular complexity index is 777. The molecule has 2 fully saturated rings. The number of aromatic nitrogens is 1. The fraction of sp³-hybridized carbons (Fsp3) is 0.632. The Balaban J connectivity index is 1.57. The van der Waals surface area contributed by atoms with Gasteiger partial charge >= 0.3 is 6.18 Å². The Labute approximate surface area is 160 Å². The largest absolute Gasteiger partial charge is 0.417 e. The molecule has 2 amide bonds. The average molecular weight is 399 g/mol. The lowest BCUT2D eigenvalue weighted by Crippen LogP contribution is -2.53. The van der Waals surface area contributed by atoms with E-state index in [1.165, 1.54) is 11.3 Å². The highest BCUT2D eigenvalue weighted by Gasteiger charge is 2.32. The molecule has 154 valence electrons. The van der Waals surface area contributed by atoms with Crippen LogP contribution in [0.25, 0.3) is 0 Å². The minimum atomic E-state index is -4.58. The van der Waals surface area contributed by atoms with Crippen molar-refractivity contribution in [2.24, 2.45) is 5.92 Å². The maximum atomic E-state index is 12.8. The van der Waals surface area contributed by atoms with E-state index in [-0.39, 0.29) is 11.8 Å². The van der Waals surface area contributed by atoms with Crippen molar-refractivity contribution in [3.05, 3.63) is 34.2 Å². The van der Waals surface area contributed by atoms with Crippen molar-refractivity contribution in [2.75, 3.05) is 26.2 Å². The maximum absolute atomic E-state index is 12.8. The molecular weight excluding hydrogens is 375 g/mol. The van der Waals surface area contributed by atoms with Crippen LogP contribution in [0, 0.1) is 5.92 Å². The Morgan fingerprint density at radius 1 is 0.964 bits per heavy atom. The van der Waals surface area contributed by atoms with Crippen LogP contribution < -0.4 is 5.56 Å². The summed E-state index contributed by atoms with van der Waals surface area (Å²) in [5.41, 5.74) is -1.63. The molecule has 2 heterocycles. The second-order valence-electron chi connectivity index (χ2n) is 7.42. The summed E-state index contributed by atoms with van der Waals surface area (Å²) in [4.78, 5) is 40.1. The average Bonchev–Trinajstić information content (AvgIpc) is 2.69. The highest BCUT2D eigenvalue weighted by molar-refractivity contribution is 5.80. The number of amides is 2. The molecule has 1 aliphatic heterocycles. The highest BCUT2D eigenvalue weighted by atomic mass is 19.4. The topological polar surface area (TPSA) is 62.6 Å². The molecule has 6 nitrogen and oxygen atoms in total. The SMILES string of the molecule is O=C(Cn1cc(C(F)(F)F)ccc1=O)N1CCN(C(=O)C2CCCCC2)CC1. The monoisotopic (exact) mass is 399 g/mol. The standard InChI is InChI=1S/C19H24F3N3O3/c20-19(21,22)15-6-7-16(26)25(12-15)13-17(27)23-8-10-24(11-9-23)18(28)14-4-2-1-3-5-14/h6-7,12,14H,1-5,8-11,13H2. The van der Waals surface area contributed by atoms with Crippen molar-refractivity contribution in [3.8, 4) is 0 Å². The Morgan fingerprint density at radius 3 is 2.18 bits per heavy atom. The van der Waals surface area contributed by atoms with Crippen LogP contribution in [0.15, 0.2) is 23.1 Å². The third kappa shape index (κ3) is 4.74. The van der Waals surface area contributed by atoms with Crippen LogP contribution in [-0.4, -0.2) is 52.4 Å². The maximum Gasteiger partial charge on any atom is 0.417 e. The number of hydrogen-bond acceptors (Lipinski definition) is 3. The number of hydrogen-bond donors (Lipinski definition) is 0. The molecule has 28 heavy (non-hydrogen) atoms. The number of halogens is 3. The zero-order chi connectivity index (χ0) is 20.3. The van der Waals surface area contributed by atoms with Gasteiger partial charge in [0.05, 0.1) is 5.56 Å². The second-order valence-corrected chi connectivity index (χ2v) is 7.42. The van der Waals surface area contributed by atoms with Crippen LogP contribution >= 0.6 is 0 Å². The van der Waals surface area contributed by atoms with Gasteiger partial charge in [0.15, 0.2) is 0 Å². The van der Waals surface area contributed by atoms with E-state index in [1.54, 1.807) is 4.90 Å². The van der Waals surface area contributed by atoms with Gasteiger partial charge < -0.3 is 14.4 Å². The van der Waals surface area contributed by atoms with Gasteiger partial charge in [-0.25, -0.2) is 0 Å². The molecule has 3 rings (SSSR count). The van der Waals surface area contributed by atoms with Crippen molar-refractivity contribution >= 4 is 11.8 Å². The highest BCUT2D eigenvalue weighted by Crippen LogP contribution is 2.28. The van der Waals surface area contributed by atoms with E-state index >= 15 is 0 Å². The first-order valence-electron chi connectivity index (χ1n) is 9.60. The summed E-state index contributed by atoms with van der Waals surface area (Å²) in [6, 6.07) is 1.52. The number of carbonyl (C=O) groups is 2. The van der Waals surface area contributed by atoms with Crippen LogP contribution in [0.4, 0.5) is 13.2 Å². The quantitative estimate of drug-likeness (QED) is 0.782. The summed E-state index contributed by atoms with van der Waals surface area (Å²) in [7, 11) is 0. The number of nitrogens with zero attached hydrogens (tertiary/aromatic N) is 3. The molecular formula is C19H24F3N3O3. The molecule has 1 saturated carbocycles. The molecule has 0 radical (unpaired) electrons. The minimum absolute atomic E-state index is 0.0692. The molecule has 0 bridgehead atoms. The van der Waals surface area contributed by atoms with Crippen LogP contribution in [0.2, 0.25) is 0 Å². The Kier molecular flexibility index (Phi) is 6.10. The summed E-state index contributed by atoms with van der Waals surface area (Å²) in [6.45, 7) is 1.03. The molecule has 1 aromatic rings. The van der Waals surface area contributed by atoms with Crippen molar-refractivity contribution in [3.63, 3.8) is 0 Å². The third-order valence-corrected chi connectivity index (χ3v) is 5.51. The fourth-order valence-corrected chi connectivity index (χ4v) is 3.85. The van der Waals surface area contributed by atoms with Crippen molar-refractivity contribution in [1.29, 1.82) is 0 Å². The molecule has 0 N–H and O–H groups in total. The molecule has 1 aliphatic carbocycles. The summed E-state index contributed by atoms with van der Waals surface area (Å²) in [5.74, 6) is -0.216. The predicted octanol–water partition coefficient (Wildman–Crippen LogP) is 2.12. The number of pyridine rings is 1. The Hall–Kier alpha value is -2.32. The summed E-state index contributed by atoms with van der Waals surface area (Å²) < 4.78 is 39.2. The lowest BCUT2D eigenvalue weighted by molar-refractivity contribution is -0.143. The number of carbonyl (C=O) groups excluding carboxylic acids is 2. The van der Waals surface area contributed by atoms with Gasteiger partial charge in [-0.1, -0.05) is 19.3 Å². The molecule has 0 aromatic carbocycles. The zero-order valence-corrected chi connectivity index (χ0v) is 15.6. The van der Waals surface area contributed by atoms with Crippen LogP contribution in [-0.2, 0) is 22.3 Å². The van der Waals surface area contributed by atoms with Crippen LogP contribution in [0.1, 0.15) is 37.7 Å². The summed E-state index contributed by atoms with van der Waals surface area (Å²) >= 11 is 0. The van der Waals surface area contributed by atoms with Gasteiger partial charge in [-0.3, -0.25) is 14.4 Å². The van der Waals surface area contributed by atoms with E-state index in [4.69, 9.17) is 0 Å². The van der Waals surface area contributed by atoms with Gasteiger partial charge in [-0.15, -0.1) is 0 Å². The van der Waals surface area contributed by atoms with E-state index in [2.05, 4.69) is 0 Å². The second kappa shape index (κ2) is 8.36. The zero-order valence-electron chi connectivity index (χ0n) is 15.6. The molecule has 9 heteroatoms. The molecule has 2 aliphatic rings. The number of piperazine rings is 1. The molecule has 0 atom stereocenters. The van der Waals surface area contributed by atoms with Crippen molar-refractivity contribution < 1.29 is 22.8 Å². The van der Waals surface area contributed by atoms with Gasteiger partial charge in [0.25, 0.3) is 5.56 Å². The van der Waals surface area contributed by atoms with E-state index in [0.717, 1.165) is 36.3 Å². The first-order valence-corrected chi connectivity index (χ1v) is 9.60. The lowest BCUT2D eigenvalue weighted by Gasteiger charge is -2.37. The molecule has 0 unspecified atom stereocenters. The van der Waals surface area contributed by atoms with Gasteiger partial charge in [-0.2, -0.15) is 13.2 Å². The lowest BCUT2D eigenvalue weighted by atomic mass is 9.88. The minimum Gasteiger partial charge on any atom is -0.339 e. The van der Waals surface area contributed by atoms with E-state index in [0.29, 0.717) is 38.4 Å². The van der Waals surface area contributed by atoms with Gasteiger partial charge in [0.1, 0.15) is 6.54 Å². The fourth-order valence-electron chi connectivity index (χ4n) is 3.85. The van der Waals surface area contributed by atoms with Gasteiger partial charge in [0.2, 0.25) is 11.8 Å². The van der Waals surface area contributed by atoms with E-state index in [9.17, 15) is 27.6 Å². The normalized spacial score (nSPS) is 19.0. The third-order valence-electron chi connectivity index (χ3n) is 5.51. The first kappa shape index (κ1) is 20.4. The van der Waals surface area contributed by atoms with E-state index < -0.39 is 29.8 Å². The number of rotatable bonds is 3. The summed E-state index contributed by atoms with van der Waals surface area (Å²) in [5, 5.41) is 0. The molecule has 0 spiro atoms. The predicted molar refractivity (Wildman–Crippen MR) is 95.4 cm³/mol. The first-order chi connectivity index (χ1) is 13.3. The van der Waals surface area contributed by atoms with E-state index in [1.807, 2.05) is 0 Å². The van der Waals surface area contributed by atoms with Crippen molar-refractivity contribution in [1.82, 2.24) is 14.4 Å². The van der Waals surface area contributed by atoms with Gasteiger partial charge in [0, 0.05) is 44.4 Å². The van der Waals surface area contributed by atoms with Crippen molar-refractivity contribution in [2.45, 2.75) is 44.8 Å². The van der Waals surface area contributed by atoms with Gasteiger partial charge in [-0.05, 0) is 18.9 Å². The Morgan fingerprint density at radius 2 is 1.57 bits per heavy atom. The summed E-state index contributed by atoms with van der Waals surface area (Å²) in [6.07, 6.45) is 1.22. The molecule has 1 saturated heterocycles. The number of alkyl halides is 3. The smallest absolute Gasteiger partial charge is 0.339 e. The van der Waals surface area contributed by atoms with Crippen LogP contribution in [0.3, 0.4) is 0 Å². The molecule has 1 aromatic heterocycles.